The molecule has 3 aromatic rings. The summed E-state index contributed by atoms with van der Waals surface area (Å²) in [5.74, 6) is -1.97. The average molecular weight is 440 g/mol. The molecule has 0 saturated carbocycles. The number of nitrogens with zero attached hydrogens (tertiary/aromatic N) is 2. The first-order valence-electron chi connectivity index (χ1n) is 10.4. The lowest BCUT2D eigenvalue weighted by Crippen LogP contribution is -2.48. The van der Waals surface area contributed by atoms with E-state index in [9.17, 15) is 18.7 Å². The number of amides is 1. The summed E-state index contributed by atoms with van der Waals surface area (Å²) in [6.07, 6.45) is 4.08. The Morgan fingerprint density at radius 2 is 1.81 bits per heavy atom. The van der Waals surface area contributed by atoms with Crippen LogP contribution in [0, 0.1) is 11.6 Å². The molecule has 0 bridgehead atoms. The van der Waals surface area contributed by atoms with Gasteiger partial charge in [0.2, 0.25) is 0 Å². The lowest BCUT2D eigenvalue weighted by Gasteiger charge is -2.25. The zero-order chi connectivity index (χ0) is 22.9. The number of rotatable bonds is 10. The minimum Gasteiger partial charge on any atom is -0.390 e. The number of carbonyl (C=O) groups is 1. The molecule has 6 nitrogen and oxygen atoms in total. The van der Waals surface area contributed by atoms with Crippen molar-refractivity contribution >= 4 is 5.91 Å². The standard InChI is InChI=1S/C24H26F2N4O2/c1-2-16-4-3-5-17(8-16)13-28-15-23(31)21(11-18-9-19(25)12-20(26)10-18)30-24(32)22-14-27-6-7-29-22/h3-10,12,14,21,23,28,31H,2,11,13,15H2,1H3,(H,30,32)/t21-,23-/m0/s1. The molecule has 1 amide bonds. The Labute approximate surface area is 185 Å². The molecule has 2 aromatic carbocycles. The maximum atomic E-state index is 13.6. The maximum absolute atomic E-state index is 13.6. The molecule has 0 saturated heterocycles. The van der Waals surface area contributed by atoms with Gasteiger partial charge in [0, 0.05) is 31.5 Å². The fourth-order valence-corrected chi connectivity index (χ4v) is 3.39. The van der Waals surface area contributed by atoms with Crippen LogP contribution in [0.5, 0.6) is 0 Å². The van der Waals surface area contributed by atoms with Crippen LogP contribution in [0.2, 0.25) is 0 Å². The molecule has 2 atom stereocenters. The second kappa shape index (κ2) is 11.4. The van der Waals surface area contributed by atoms with E-state index in [2.05, 4.69) is 39.7 Å². The molecule has 0 fully saturated rings. The van der Waals surface area contributed by atoms with Crippen molar-refractivity contribution in [3.05, 3.63) is 95.1 Å². The summed E-state index contributed by atoms with van der Waals surface area (Å²) in [4.78, 5) is 20.4. The Bertz CT molecular complexity index is 1010. The molecule has 3 rings (SSSR count). The van der Waals surface area contributed by atoms with Crippen molar-refractivity contribution in [2.24, 2.45) is 0 Å². The summed E-state index contributed by atoms with van der Waals surface area (Å²) >= 11 is 0. The molecule has 0 aliphatic rings. The van der Waals surface area contributed by atoms with E-state index < -0.39 is 29.7 Å². The highest BCUT2D eigenvalue weighted by Crippen LogP contribution is 2.13. The topological polar surface area (TPSA) is 87.1 Å². The Morgan fingerprint density at radius 1 is 1.06 bits per heavy atom. The van der Waals surface area contributed by atoms with Crippen LogP contribution in [0.3, 0.4) is 0 Å². The summed E-state index contributed by atoms with van der Waals surface area (Å²) in [7, 11) is 0. The van der Waals surface area contributed by atoms with Crippen LogP contribution >= 0.6 is 0 Å². The maximum Gasteiger partial charge on any atom is 0.271 e. The van der Waals surface area contributed by atoms with Gasteiger partial charge in [0.1, 0.15) is 17.3 Å². The second-order valence-electron chi connectivity index (χ2n) is 7.52. The van der Waals surface area contributed by atoms with Gasteiger partial charge in [-0.25, -0.2) is 13.8 Å². The van der Waals surface area contributed by atoms with Crippen molar-refractivity contribution in [1.29, 1.82) is 0 Å². The Morgan fingerprint density at radius 3 is 2.50 bits per heavy atom. The zero-order valence-electron chi connectivity index (χ0n) is 17.8. The van der Waals surface area contributed by atoms with Crippen molar-refractivity contribution in [3.63, 3.8) is 0 Å². The van der Waals surface area contributed by atoms with E-state index in [1.54, 1.807) is 0 Å². The van der Waals surface area contributed by atoms with Crippen LogP contribution in [0.1, 0.15) is 34.1 Å². The number of hydrogen-bond acceptors (Lipinski definition) is 5. The number of aliphatic hydroxyl groups is 1. The van der Waals surface area contributed by atoms with E-state index in [4.69, 9.17) is 0 Å². The molecule has 0 aliphatic heterocycles. The zero-order valence-corrected chi connectivity index (χ0v) is 17.8. The fourth-order valence-electron chi connectivity index (χ4n) is 3.39. The van der Waals surface area contributed by atoms with Crippen molar-refractivity contribution < 1.29 is 18.7 Å². The molecule has 0 spiro atoms. The van der Waals surface area contributed by atoms with Gasteiger partial charge >= 0.3 is 0 Å². The molecule has 8 heteroatoms. The van der Waals surface area contributed by atoms with Gasteiger partial charge in [0.05, 0.1) is 18.3 Å². The summed E-state index contributed by atoms with van der Waals surface area (Å²) < 4.78 is 27.3. The van der Waals surface area contributed by atoms with Gasteiger partial charge in [-0.3, -0.25) is 9.78 Å². The van der Waals surface area contributed by atoms with E-state index in [0.717, 1.165) is 18.1 Å². The van der Waals surface area contributed by atoms with Gasteiger partial charge in [0.15, 0.2) is 0 Å². The molecule has 168 valence electrons. The largest absolute Gasteiger partial charge is 0.390 e. The highest BCUT2D eigenvalue weighted by Gasteiger charge is 2.23. The van der Waals surface area contributed by atoms with Crippen molar-refractivity contribution in [2.75, 3.05) is 6.54 Å². The molecular formula is C24H26F2N4O2. The van der Waals surface area contributed by atoms with E-state index in [0.29, 0.717) is 12.1 Å². The third-order valence-corrected chi connectivity index (χ3v) is 5.04. The second-order valence-corrected chi connectivity index (χ2v) is 7.52. The van der Waals surface area contributed by atoms with Crippen LogP contribution in [0.15, 0.2) is 61.1 Å². The Kier molecular flexibility index (Phi) is 8.35. The molecule has 1 aromatic heterocycles. The minimum atomic E-state index is -1.02. The summed E-state index contributed by atoms with van der Waals surface area (Å²) in [6, 6.07) is 10.4. The van der Waals surface area contributed by atoms with Crippen molar-refractivity contribution in [3.8, 4) is 0 Å². The number of aryl methyl sites for hydroxylation is 1. The van der Waals surface area contributed by atoms with Crippen molar-refractivity contribution in [2.45, 2.75) is 38.5 Å². The molecule has 1 heterocycles. The SMILES string of the molecule is CCc1cccc(CNC[C@H](O)[C@H](Cc2cc(F)cc(F)c2)NC(=O)c2cnccn2)c1. The van der Waals surface area contributed by atoms with Crippen LogP contribution in [-0.4, -0.2) is 39.7 Å². The van der Waals surface area contributed by atoms with Crippen molar-refractivity contribution in [1.82, 2.24) is 20.6 Å². The van der Waals surface area contributed by atoms with Gasteiger partial charge in [0.25, 0.3) is 5.91 Å². The van der Waals surface area contributed by atoms with E-state index in [1.165, 1.54) is 36.3 Å². The van der Waals surface area contributed by atoms with E-state index in [-0.39, 0.29) is 18.7 Å². The van der Waals surface area contributed by atoms with Crippen LogP contribution in [-0.2, 0) is 19.4 Å². The highest BCUT2D eigenvalue weighted by molar-refractivity contribution is 5.92. The number of hydrogen-bond donors (Lipinski definition) is 3. The molecule has 3 N–H and O–H groups in total. The predicted molar refractivity (Wildman–Crippen MR) is 117 cm³/mol. The third-order valence-electron chi connectivity index (χ3n) is 5.04. The average Bonchev–Trinajstić information content (AvgIpc) is 2.78. The van der Waals surface area contributed by atoms with Gasteiger partial charge in [-0.05, 0) is 41.7 Å². The summed E-state index contributed by atoms with van der Waals surface area (Å²) in [6.45, 7) is 2.78. The summed E-state index contributed by atoms with van der Waals surface area (Å²) in [5.41, 5.74) is 2.69. The van der Waals surface area contributed by atoms with E-state index in [1.807, 2.05) is 12.1 Å². The van der Waals surface area contributed by atoms with Crippen LogP contribution < -0.4 is 10.6 Å². The summed E-state index contributed by atoms with van der Waals surface area (Å²) in [5, 5.41) is 16.7. The van der Waals surface area contributed by atoms with Crippen LogP contribution in [0.25, 0.3) is 0 Å². The highest BCUT2D eigenvalue weighted by atomic mass is 19.1. The lowest BCUT2D eigenvalue weighted by atomic mass is 10.00. The quantitative estimate of drug-likeness (QED) is 0.451. The molecule has 0 aliphatic carbocycles. The number of aromatic nitrogens is 2. The normalized spacial score (nSPS) is 12.9. The Hall–Kier alpha value is -3.23. The number of aliphatic hydroxyl groups excluding tert-OH is 1. The lowest BCUT2D eigenvalue weighted by molar-refractivity contribution is 0.0825. The monoisotopic (exact) mass is 440 g/mol. The Balaban J connectivity index is 1.68. The van der Waals surface area contributed by atoms with Gasteiger partial charge in [-0.15, -0.1) is 0 Å². The van der Waals surface area contributed by atoms with Gasteiger partial charge in [-0.2, -0.15) is 0 Å². The number of carbonyl (C=O) groups excluding carboxylic acids is 1. The van der Waals surface area contributed by atoms with Gasteiger partial charge in [-0.1, -0.05) is 31.2 Å². The predicted octanol–water partition coefficient (Wildman–Crippen LogP) is 2.81. The minimum absolute atomic E-state index is 0.0366. The van der Waals surface area contributed by atoms with Crippen LogP contribution in [0.4, 0.5) is 8.78 Å². The molecule has 32 heavy (non-hydrogen) atoms. The smallest absolute Gasteiger partial charge is 0.271 e. The third kappa shape index (κ3) is 6.90. The molecule has 0 radical (unpaired) electrons. The van der Waals surface area contributed by atoms with Gasteiger partial charge < -0.3 is 15.7 Å². The first-order chi connectivity index (χ1) is 15.4. The number of nitrogens with one attached hydrogen (secondary N) is 2. The first-order valence-corrected chi connectivity index (χ1v) is 10.4. The molecular weight excluding hydrogens is 414 g/mol. The number of benzene rings is 2. The first kappa shape index (κ1) is 23.4. The fraction of sp³-hybridized carbons (Fsp3) is 0.292. The number of halogens is 2. The van der Waals surface area contributed by atoms with E-state index >= 15 is 0 Å². The molecule has 0 unspecified atom stereocenters.